The van der Waals surface area contributed by atoms with Gasteiger partial charge in [-0.25, -0.2) is 0 Å². The van der Waals surface area contributed by atoms with Crippen molar-refractivity contribution in [2.75, 3.05) is 7.11 Å². The van der Waals surface area contributed by atoms with E-state index >= 15 is 0 Å². The number of hydrogen-bond acceptors (Lipinski definition) is 7. The van der Waals surface area contributed by atoms with E-state index in [1.165, 1.54) is 20.1 Å². The summed E-state index contributed by atoms with van der Waals surface area (Å²) >= 11 is 0. The molecule has 1 aliphatic heterocycles. The minimum atomic E-state index is -1.55. The fourth-order valence-corrected chi connectivity index (χ4v) is 6.87. The Morgan fingerprint density at radius 2 is 2.07 bits per heavy atom. The monoisotopic (exact) mass is 372 g/mol. The summed E-state index contributed by atoms with van der Waals surface area (Å²) in [6, 6.07) is 0. The van der Waals surface area contributed by atoms with Crippen LogP contribution in [-0.4, -0.2) is 46.9 Å². The number of aliphatic hydroxyl groups is 1. The highest BCUT2D eigenvalue weighted by Gasteiger charge is 2.86. The maximum Gasteiger partial charge on any atom is 0.321 e. The maximum atomic E-state index is 13.4. The Hall–Kier alpha value is -2.28. The Balaban J connectivity index is 1.83. The van der Waals surface area contributed by atoms with Crippen LogP contribution in [0.4, 0.5) is 0 Å². The van der Waals surface area contributed by atoms with E-state index in [1.807, 2.05) is 0 Å². The highest BCUT2D eigenvalue weighted by molar-refractivity contribution is 6.14. The molecule has 0 radical (unpaired) electrons. The lowest BCUT2D eigenvalue weighted by Gasteiger charge is -2.43. The predicted molar refractivity (Wildman–Crippen MR) is 88.9 cm³/mol. The molecule has 7 heteroatoms. The maximum absolute atomic E-state index is 13.4. The fourth-order valence-electron chi connectivity index (χ4n) is 6.87. The van der Waals surface area contributed by atoms with Gasteiger partial charge in [0.05, 0.1) is 24.0 Å². The molecule has 7 atom stereocenters. The fraction of sp³-hybridized carbons (Fsp3) is 0.600. The molecule has 1 spiro atoms. The summed E-state index contributed by atoms with van der Waals surface area (Å²) in [6.07, 6.45) is 3.61. The molecule has 1 heterocycles. The number of rotatable bonds is 1. The van der Waals surface area contributed by atoms with Crippen LogP contribution in [0, 0.1) is 28.6 Å². The normalized spacial score (nSPS) is 51.9. The van der Waals surface area contributed by atoms with Crippen LogP contribution in [0.25, 0.3) is 0 Å². The molecule has 27 heavy (non-hydrogen) atoms. The average molecular weight is 372 g/mol. The van der Waals surface area contributed by atoms with E-state index < -0.39 is 57.5 Å². The summed E-state index contributed by atoms with van der Waals surface area (Å²) < 4.78 is 10.8. The smallest absolute Gasteiger partial charge is 0.321 e. The van der Waals surface area contributed by atoms with Crippen LogP contribution in [0.3, 0.4) is 0 Å². The third kappa shape index (κ3) is 1.42. The zero-order valence-corrected chi connectivity index (χ0v) is 15.1. The molecule has 4 fully saturated rings. The van der Waals surface area contributed by atoms with Gasteiger partial charge in [-0.15, -0.1) is 0 Å². The Bertz CT molecular complexity index is 902. The lowest BCUT2D eigenvalue weighted by atomic mass is 9.61. The number of carbonyl (C=O) groups excluding carboxylic acids is 4. The lowest BCUT2D eigenvalue weighted by molar-refractivity contribution is -0.165. The molecule has 0 unspecified atom stereocenters. The van der Waals surface area contributed by atoms with Gasteiger partial charge in [-0.2, -0.15) is 0 Å². The van der Waals surface area contributed by atoms with E-state index in [-0.39, 0.29) is 17.8 Å². The molecule has 5 rings (SSSR count). The van der Waals surface area contributed by atoms with Gasteiger partial charge in [0.1, 0.15) is 11.0 Å². The summed E-state index contributed by atoms with van der Waals surface area (Å²) in [4.78, 5) is 51.8. The minimum absolute atomic E-state index is 0.0377. The van der Waals surface area contributed by atoms with Crippen LogP contribution < -0.4 is 0 Å². The number of allylic oxidation sites excluding steroid dienone is 1. The summed E-state index contributed by atoms with van der Waals surface area (Å²) in [5.41, 5.74) is -5.33. The van der Waals surface area contributed by atoms with Crippen molar-refractivity contribution < 1.29 is 33.8 Å². The first-order chi connectivity index (χ1) is 12.6. The Labute approximate surface area is 155 Å². The van der Waals surface area contributed by atoms with E-state index in [0.29, 0.717) is 12.8 Å². The van der Waals surface area contributed by atoms with Crippen molar-refractivity contribution >= 4 is 23.5 Å². The van der Waals surface area contributed by atoms with Gasteiger partial charge in [0.25, 0.3) is 0 Å². The van der Waals surface area contributed by atoms with E-state index in [4.69, 9.17) is 9.47 Å². The second-order valence-electron chi connectivity index (χ2n) is 8.77. The topological polar surface area (TPSA) is 107 Å². The van der Waals surface area contributed by atoms with Gasteiger partial charge in [0.15, 0.2) is 11.6 Å². The van der Waals surface area contributed by atoms with Crippen molar-refractivity contribution in [3.8, 4) is 0 Å². The van der Waals surface area contributed by atoms with Gasteiger partial charge in [-0.1, -0.05) is 6.58 Å². The number of ether oxygens (including phenoxy) is 2. The van der Waals surface area contributed by atoms with Crippen molar-refractivity contribution in [2.24, 2.45) is 28.6 Å². The number of carbonyl (C=O) groups is 4. The highest BCUT2D eigenvalue weighted by atomic mass is 16.6. The van der Waals surface area contributed by atoms with Crippen LogP contribution >= 0.6 is 0 Å². The summed E-state index contributed by atoms with van der Waals surface area (Å²) in [5.74, 6) is -4.56. The standard InChI is InChI=1S/C20H20O7/c1-9-14(22)19-8-18(9,25)6-4-10(19)20-7-5-11(21)17(2,16(24)27-20)13(20)12(19)15(23)26-3/h5,7,10,12-13,25H,1,4,6,8H2,2-3H3/t10-,12-,13-,17+,18+,19-,20-/m1/s1. The first-order valence-corrected chi connectivity index (χ1v) is 9.11. The van der Waals surface area contributed by atoms with Gasteiger partial charge in [0, 0.05) is 17.4 Å². The quantitative estimate of drug-likeness (QED) is 0.406. The third-order valence-corrected chi connectivity index (χ3v) is 8.01. The Morgan fingerprint density at radius 3 is 2.74 bits per heavy atom. The van der Waals surface area contributed by atoms with E-state index in [0.717, 1.165) is 0 Å². The van der Waals surface area contributed by atoms with E-state index in [1.54, 1.807) is 6.08 Å². The Kier molecular flexibility index (Phi) is 2.75. The number of ketones is 2. The van der Waals surface area contributed by atoms with Gasteiger partial charge < -0.3 is 14.6 Å². The molecule has 0 aromatic rings. The van der Waals surface area contributed by atoms with Gasteiger partial charge >= 0.3 is 11.9 Å². The van der Waals surface area contributed by atoms with Gasteiger partial charge in [0.2, 0.25) is 0 Å². The van der Waals surface area contributed by atoms with Crippen LogP contribution in [0.1, 0.15) is 26.2 Å². The summed E-state index contributed by atoms with van der Waals surface area (Å²) in [5, 5.41) is 11.0. The van der Waals surface area contributed by atoms with Crippen LogP contribution in [0.5, 0.6) is 0 Å². The molecule has 1 saturated heterocycles. The third-order valence-electron chi connectivity index (χ3n) is 8.01. The molecule has 0 aromatic heterocycles. The lowest BCUT2D eigenvalue weighted by Crippen LogP contribution is -2.50. The Morgan fingerprint density at radius 1 is 1.37 bits per heavy atom. The second kappa shape index (κ2) is 4.41. The van der Waals surface area contributed by atoms with Crippen molar-refractivity contribution in [2.45, 2.75) is 37.4 Å². The summed E-state index contributed by atoms with van der Waals surface area (Å²) in [6.45, 7) is 5.29. The zero-order valence-electron chi connectivity index (χ0n) is 15.1. The number of methoxy groups -OCH3 is 1. The molecule has 1 N–H and O–H groups in total. The molecule has 0 amide bonds. The largest absolute Gasteiger partial charge is 0.469 e. The molecule has 5 aliphatic rings. The molecule has 0 aromatic carbocycles. The molecular weight excluding hydrogens is 352 g/mol. The first kappa shape index (κ1) is 16.9. The highest BCUT2D eigenvalue weighted by Crippen LogP contribution is 2.76. The van der Waals surface area contributed by atoms with E-state index in [2.05, 4.69) is 6.58 Å². The number of Topliss-reactive ketones (excluding diaryl/α,β-unsaturated/α-hetero) is 1. The molecule has 7 nitrogen and oxygen atoms in total. The van der Waals surface area contributed by atoms with Crippen molar-refractivity contribution in [3.63, 3.8) is 0 Å². The predicted octanol–water partition coefficient (Wildman–Crippen LogP) is 0.503. The van der Waals surface area contributed by atoms with Gasteiger partial charge in [-0.3, -0.25) is 19.2 Å². The molecule has 142 valence electrons. The summed E-state index contributed by atoms with van der Waals surface area (Å²) in [7, 11) is 1.22. The van der Waals surface area contributed by atoms with Gasteiger partial charge in [-0.05, 0) is 38.3 Å². The second-order valence-corrected chi connectivity index (χ2v) is 8.77. The number of esters is 2. The zero-order chi connectivity index (χ0) is 19.6. The first-order valence-electron chi connectivity index (χ1n) is 9.11. The van der Waals surface area contributed by atoms with Crippen LogP contribution in [-0.2, 0) is 28.7 Å². The van der Waals surface area contributed by atoms with E-state index in [9.17, 15) is 24.3 Å². The molecule has 4 aliphatic carbocycles. The average Bonchev–Trinajstić information content (AvgIpc) is 3.04. The minimum Gasteiger partial charge on any atom is -0.469 e. The van der Waals surface area contributed by atoms with Crippen molar-refractivity contribution in [1.82, 2.24) is 0 Å². The van der Waals surface area contributed by atoms with Crippen molar-refractivity contribution in [1.29, 1.82) is 0 Å². The molecular formula is C20H20O7. The number of fused-ring (bicyclic) bond motifs is 1. The SMILES string of the molecule is C=C1C(=O)[C@]23C[C@@]1(O)CC[C@H]2[C@@]12C=CC(=O)[C@](C)(C(=O)O1)[C@H]2[C@@H]3C(=O)OC. The molecule has 3 saturated carbocycles. The van der Waals surface area contributed by atoms with Crippen LogP contribution in [0.15, 0.2) is 24.3 Å². The van der Waals surface area contributed by atoms with Crippen LogP contribution in [0.2, 0.25) is 0 Å². The number of hydrogen-bond donors (Lipinski definition) is 1. The molecule has 4 bridgehead atoms. The van der Waals surface area contributed by atoms with Crippen molar-refractivity contribution in [3.05, 3.63) is 24.3 Å².